The number of aryl methyl sites for hydroxylation is 1. The van der Waals surface area contributed by atoms with Crippen LogP contribution in [0.15, 0.2) is 18.5 Å². The van der Waals surface area contributed by atoms with E-state index in [1.807, 2.05) is 0 Å². The van der Waals surface area contributed by atoms with Crippen LogP contribution in [0.2, 0.25) is 0 Å². The molecule has 0 spiro atoms. The minimum atomic E-state index is -0.366. The van der Waals surface area contributed by atoms with Crippen LogP contribution in [-0.4, -0.2) is 46.6 Å². The average molecular weight is 364 g/mol. The van der Waals surface area contributed by atoms with Crippen molar-refractivity contribution >= 4 is 17.2 Å². The van der Waals surface area contributed by atoms with Gasteiger partial charge in [0.25, 0.3) is 0 Å². The molecule has 1 aliphatic rings. The largest absolute Gasteiger partial charge is 0.375 e. The first kappa shape index (κ1) is 17.9. The fourth-order valence-electron chi connectivity index (χ4n) is 2.86. The summed E-state index contributed by atoms with van der Waals surface area (Å²) >= 11 is 1.52. The molecule has 2 N–H and O–H groups in total. The molecule has 1 atom stereocenters. The van der Waals surface area contributed by atoms with Crippen LogP contribution in [0.1, 0.15) is 21.1 Å². The highest BCUT2D eigenvalue weighted by atomic mass is 32.1. The molecule has 1 fully saturated rings. The summed E-state index contributed by atoms with van der Waals surface area (Å²) in [5.74, 6) is -0.652. The molecule has 134 valence electrons. The van der Waals surface area contributed by atoms with Gasteiger partial charge in [-0.05, 0) is 18.6 Å². The summed E-state index contributed by atoms with van der Waals surface area (Å²) in [6, 6.07) is 1.77. The third kappa shape index (κ3) is 5.04. The third-order valence-corrected chi connectivity index (χ3v) is 5.05. The minimum absolute atomic E-state index is 0.0316. The van der Waals surface area contributed by atoms with Crippen molar-refractivity contribution in [2.75, 3.05) is 19.7 Å². The summed E-state index contributed by atoms with van der Waals surface area (Å²) in [5, 5.41) is 0.748. The van der Waals surface area contributed by atoms with E-state index in [9.17, 15) is 9.18 Å². The maximum atomic E-state index is 13.3. The molecule has 0 radical (unpaired) electrons. The van der Waals surface area contributed by atoms with Crippen molar-refractivity contribution in [3.8, 4) is 0 Å². The van der Waals surface area contributed by atoms with Gasteiger partial charge in [-0.25, -0.2) is 9.37 Å². The van der Waals surface area contributed by atoms with Crippen LogP contribution >= 0.6 is 11.3 Å². The van der Waals surface area contributed by atoms with Gasteiger partial charge in [0.2, 0.25) is 5.91 Å². The third-order valence-electron chi connectivity index (χ3n) is 4.07. The van der Waals surface area contributed by atoms with E-state index in [1.165, 1.54) is 17.5 Å². The van der Waals surface area contributed by atoms with Gasteiger partial charge in [-0.1, -0.05) is 0 Å². The Morgan fingerprint density at radius 2 is 2.32 bits per heavy atom. The molecule has 0 aromatic carbocycles. The van der Waals surface area contributed by atoms with E-state index in [-0.39, 0.29) is 24.2 Å². The molecule has 3 rings (SSSR count). The van der Waals surface area contributed by atoms with Crippen LogP contribution in [0.25, 0.3) is 0 Å². The number of thiazole rings is 1. The standard InChI is InChI=1S/C17H21FN4O2S/c1-11-4-12(20-8-15(11)18)5-13-9-22(2-3-24-13)10-14-7-21-17(25-14)6-16(19)23/h4,7-8,13H,2-3,5-6,9-10H2,1H3,(H2,19,23). The number of pyridine rings is 1. The summed E-state index contributed by atoms with van der Waals surface area (Å²) in [6.07, 6.45) is 3.95. The number of carbonyl (C=O) groups is 1. The van der Waals surface area contributed by atoms with Gasteiger partial charge in [0.15, 0.2) is 0 Å². The number of ether oxygens (including phenoxy) is 1. The fraction of sp³-hybridized carbons (Fsp3) is 0.471. The highest BCUT2D eigenvalue weighted by molar-refractivity contribution is 7.11. The SMILES string of the molecule is Cc1cc(CC2CN(Cc3cnc(CC(N)=O)s3)CCO2)ncc1F. The zero-order valence-corrected chi connectivity index (χ0v) is 14.9. The van der Waals surface area contributed by atoms with E-state index < -0.39 is 0 Å². The van der Waals surface area contributed by atoms with Crippen LogP contribution in [0, 0.1) is 12.7 Å². The van der Waals surface area contributed by atoms with Gasteiger partial charge in [0.1, 0.15) is 10.8 Å². The number of carbonyl (C=O) groups excluding carboxylic acids is 1. The smallest absolute Gasteiger partial charge is 0.224 e. The minimum Gasteiger partial charge on any atom is -0.375 e. The molecule has 0 saturated carbocycles. The number of nitrogens with two attached hydrogens (primary N) is 1. The first-order valence-electron chi connectivity index (χ1n) is 8.16. The van der Waals surface area contributed by atoms with E-state index in [0.29, 0.717) is 18.6 Å². The first-order chi connectivity index (χ1) is 12.0. The first-order valence-corrected chi connectivity index (χ1v) is 8.98. The van der Waals surface area contributed by atoms with E-state index >= 15 is 0 Å². The van der Waals surface area contributed by atoms with E-state index in [2.05, 4.69) is 14.9 Å². The number of aromatic nitrogens is 2. The van der Waals surface area contributed by atoms with Crippen LogP contribution in [0.3, 0.4) is 0 Å². The average Bonchev–Trinajstić information content (AvgIpc) is 2.97. The second-order valence-corrected chi connectivity index (χ2v) is 7.42. The highest BCUT2D eigenvalue weighted by Gasteiger charge is 2.22. The van der Waals surface area contributed by atoms with Gasteiger partial charge in [-0.2, -0.15) is 0 Å². The number of hydrogen-bond acceptors (Lipinski definition) is 6. The van der Waals surface area contributed by atoms with Crippen molar-refractivity contribution in [2.24, 2.45) is 5.73 Å². The normalized spacial score (nSPS) is 18.4. The number of rotatable bonds is 6. The van der Waals surface area contributed by atoms with E-state index in [0.717, 1.165) is 35.2 Å². The lowest BCUT2D eigenvalue weighted by Crippen LogP contribution is -2.42. The lowest BCUT2D eigenvalue weighted by atomic mass is 10.1. The van der Waals surface area contributed by atoms with Crippen molar-refractivity contribution in [3.63, 3.8) is 0 Å². The number of hydrogen-bond donors (Lipinski definition) is 1. The van der Waals surface area contributed by atoms with Crippen LogP contribution in [0.5, 0.6) is 0 Å². The molecule has 0 bridgehead atoms. The molecule has 1 amide bonds. The quantitative estimate of drug-likeness (QED) is 0.839. The highest BCUT2D eigenvalue weighted by Crippen LogP contribution is 2.19. The lowest BCUT2D eigenvalue weighted by molar-refractivity contribution is -0.117. The second kappa shape index (κ2) is 7.99. The number of halogens is 1. The van der Waals surface area contributed by atoms with Gasteiger partial charge in [-0.15, -0.1) is 11.3 Å². The molecule has 3 heterocycles. The maximum Gasteiger partial charge on any atom is 0.224 e. The summed E-state index contributed by atoms with van der Waals surface area (Å²) in [4.78, 5) is 22.8. The predicted octanol–water partition coefficient (Wildman–Crippen LogP) is 1.46. The van der Waals surface area contributed by atoms with Gasteiger partial charge in [0, 0.05) is 42.8 Å². The van der Waals surface area contributed by atoms with Crippen LogP contribution in [0.4, 0.5) is 4.39 Å². The Bertz CT molecular complexity index is 752. The molecule has 2 aromatic heterocycles. The molecule has 2 aromatic rings. The number of amides is 1. The maximum absolute atomic E-state index is 13.3. The van der Waals surface area contributed by atoms with Crippen molar-refractivity contribution < 1.29 is 13.9 Å². The Morgan fingerprint density at radius 1 is 1.48 bits per heavy atom. The van der Waals surface area contributed by atoms with E-state index in [1.54, 1.807) is 19.2 Å². The Labute approximate surface area is 149 Å². The lowest BCUT2D eigenvalue weighted by Gasteiger charge is -2.32. The summed E-state index contributed by atoms with van der Waals surface area (Å²) in [6.45, 7) is 4.78. The van der Waals surface area contributed by atoms with Crippen molar-refractivity contribution in [1.82, 2.24) is 14.9 Å². The molecule has 1 aliphatic heterocycles. The molecular weight excluding hydrogens is 343 g/mol. The van der Waals surface area contributed by atoms with Crippen LogP contribution in [-0.2, 0) is 28.9 Å². The van der Waals surface area contributed by atoms with Crippen molar-refractivity contribution in [3.05, 3.63) is 45.4 Å². The zero-order chi connectivity index (χ0) is 17.8. The summed E-state index contributed by atoms with van der Waals surface area (Å²) < 4.78 is 19.2. The Hall–Kier alpha value is -1.90. The molecule has 6 nitrogen and oxygen atoms in total. The molecule has 1 unspecified atom stereocenters. The molecule has 0 aliphatic carbocycles. The van der Waals surface area contributed by atoms with Crippen molar-refractivity contribution in [2.45, 2.75) is 32.4 Å². The van der Waals surface area contributed by atoms with Gasteiger partial charge in [-0.3, -0.25) is 14.7 Å². The second-order valence-electron chi connectivity index (χ2n) is 6.22. The topological polar surface area (TPSA) is 81.3 Å². The fourth-order valence-corrected chi connectivity index (χ4v) is 3.84. The number of nitrogens with zero attached hydrogens (tertiary/aromatic N) is 3. The molecule has 1 saturated heterocycles. The monoisotopic (exact) mass is 364 g/mol. The van der Waals surface area contributed by atoms with Gasteiger partial charge >= 0.3 is 0 Å². The van der Waals surface area contributed by atoms with Crippen LogP contribution < -0.4 is 5.73 Å². The number of primary amides is 1. The number of morpholine rings is 1. The Balaban J connectivity index is 1.56. The van der Waals surface area contributed by atoms with Crippen molar-refractivity contribution in [1.29, 1.82) is 0 Å². The predicted molar refractivity (Wildman–Crippen MR) is 92.7 cm³/mol. The molecular formula is C17H21FN4O2S. The zero-order valence-electron chi connectivity index (χ0n) is 14.1. The van der Waals surface area contributed by atoms with Gasteiger partial charge < -0.3 is 10.5 Å². The van der Waals surface area contributed by atoms with Gasteiger partial charge in [0.05, 0.1) is 25.3 Å². The summed E-state index contributed by atoms with van der Waals surface area (Å²) in [7, 11) is 0. The summed E-state index contributed by atoms with van der Waals surface area (Å²) in [5.41, 5.74) is 6.64. The Morgan fingerprint density at radius 3 is 3.08 bits per heavy atom. The molecule has 25 heavy (non-hydrogen) atoms. The van der Waals surface area contributed by atoms with E-state index in [4.69, 9.17) is 10.5 Å². The molecule has 8 heteroatoms. The Kier molecular flexibility index (Phi) is 5.72.